The molecule has 0 spiro atoms. The molecular formula is C18H16F2N4O4S. The SMILES string of the molecule is O=c1[nH]c2nc(NC3CCS(=O)(=O)CC3)ncc2cc1Oc1ccc(F)cc1F. The lowest BCUT2D eigenvalue weighted by molar-refractivity contribution is 0.433. The molecule has 29 heavy (non-hydrogen) atoms. The zero-order chi connectivity index (χ0) is 20.6. The van der Waals surface area contributed by atoms with Crippen LogP contribution in [-0.2, 0) is 9.84 Å². The first-order valence-electron chi connectivity index (χ1n) is 8.79. The van der Waals surface area contributed by atoms with Gasteiger partial charge in [0.25, 0.3) is 5.56 Å². The predicted octanol–water partition coefficient (Wildman–Crippen LogP) is 2.38. The summed E-state index contributed by atoms with van der Waals surface area (Å²) in [6.45, 7) is 0. The minimum atomic E-state index is -2.97. The van der Waals surface area contributed by atoms with Gasteiger partial charge in [-0.25, -0.2) is 22.2 Å². The van der Waals surface area contributed by atoms with Crippen molar-refractivity contribution in [2.75, 3.05) is 16.8 Å². The molecule has 152 valence electrons. The van der Waals surface area contributed by atoms with Crippen LogP contribution in [0.3, 0.4) is 0 Å². The second-order valence-electron chi connectivity index (χ2n) is 6.71. The molecule has 1 saturated heterocycles. The summed E-state index contributed by atoms with van der Waals surface area (Å²) in [5, 5.41) is 3.52. The molecule has 0 unspecified atom stereocenters. The number of H-pyrrole nitrogens is 1. The van der Waals surface area contributed by atoms with Crippen molar-refractivity contribution in [2.45, 2.75) is 18.9 Å². The average molecular weight is 422 g/mol. The van der Waals surface area contributed by atoms with Gasteiger partial charge in [-0.3, -0.25) is 4.79 Å². The lowest BCUT2D eigenvalue weighted by Gasteiger charge is -2.22. The molecule has 4 rings (SSSR count). The molecule has 0 saturated carbocycles. The van der Waals surface area contributed by atoms with E-state index in [2.05, 4.69) is 20.3 Å². The number of pyridine rings is 1. The minimum absolute atomic E-state index is 0.0771. The number of rotatable bonds is 4. The lowest BCUT2D eigenvalue weighted by atomic mass is 10.2. The number of sulfone groups is 1. The third-order valence-electron chi connectivity index (χ3n) is 4.56. The van der Waals surface area contributed by atoms with Gasteiger partial charge in [0.1, 0.15) is 21.3 Å². The van der Waals surface area contributed by atoms with E-state index < -0.39 is 27.0 Å². The summed E-state index contributed by atoms with van der Waals surface area (Å²) < 4.78 is 55.0. The fourth-order valence-electron chi connectivity index (χ4n) is 3.01. The Balaban J connectivity index is 1.56. The third kappa shape index (κ3) is 4.34. The van der Waals surface area contributed by atoms with E-state index >= 15 is 0 Å². The van der Waals surface area contributed by atoms with Crippen LogP contribution in [0.2, 0.25) is 0 Å². The van der Waals surface area contributed by atoms with Gasteiger partial charge in [0.15, 0.2) is 17.3 Å². The zero-order valence-corrected chi connectivity index (χ0v) is 15.8. The Morgan fingerprint density at radius 3 is 2.62 bits per heavy atom. The van der Waals surface area contributed by atoms with Gasteiger partial charge in [-0.05, 0) is 31.0 Å². The highest BCUT2D eigenvalue weighted by atomic mass is 32.2. The van der Waals surface area contributed by atoms with Crippen LogP contribution in [0.15, 0.2) is 35.3 Å². The summed E-state index contributed by atoms with van der Waals surface area (Å²) in [5.41, 5.74) is -0.405. The standard InChI is InChI=1S/C18H16F2N4O4S/c19-11-1-2-14(13(20)8-11)28-15-7-10-9-21-18(24-16(10)23-17(15)25)22-12-3-5-29(26,27)6-4-12/h1-2,7-9,12H,3-6H2,(H2,21,22,23,24,25). The maximum absolute atomic E-state index is 13.8. The van der Waals surface area contributed by atoms with Crippen LogP contribution >= 0.6 is 0 Å². The molecular weight excluding hydrogens is 406 g/mol. The minimum Gasteiger partial charge on any atom is -0.448 e. The quantitative estimate of drug-likeness (QED) is 0.663. The van der Waals surface area contributed by atoms with Gasteiger partial charge in [-0.2, -0.15) is 4.98 Å². The highest BCUT2D eigenvalue weighted by Gasteiger charge is 2.24. The Hall–Kier alpha value is -3.08. The summed E-state index contributed by atoms with van der Waals surface area (Å²) in [5.74, 6) is -1.70. The van der Waals surface area contributed by atoms with Crippen LogP contribution in [-0.4, -0.2) is 40.9 Å². The molecule has 2 aromatic heterocycles. The summed E-state index contributed by atoms with van der Waals surface area (Å²) in [7, 11) is -2.97. The lowest BCUT2D eigenvalue weighted by Crippen LogP contribution is -2.32. The molecule has 0 amide bonds. The van der Waals surface area contributed by atoms with Crippen LogP contribution < -0.4 is 15.6 Å². The van der Waals surface area contributed by atoms with Crippen molar-refractivity contribution in [3.8, 4) is 11.5 Å². The number of halogens is 2. The van der Waals surface area contributed by atoms with Crippen molar-refractivity contribution < 1.29 is 21.9 Å². The molecule has 0 radical (unpaired) electrons. The van der Waals surface area contributed by atoms with Crippen molar-refractivity contribution in [3.63, 3.8) is 0 Å². The number of ether oxygens (including phenoxy) is 1. The number of nitrogens with zero attached hydrogens (tertiary/aromatic N) is 2. The van der Waals surface area contributed by atoms with Gasteiger partial charge < -0.3 is 15.0 Å². The first-order chi connectivity index (χ1) is 13.8. The maximum atomic E-state index is 13.8. The van der Waals surface area contributed by atoms with Gasteiger partial charge in [0.2, 0.25) is 5.95 Å². The molecule has 2 N–H and O–H groups in total. The molecule has 0 bridgehead atoms. The topological polar surface area (TPSA) is 114 Å². The zero-order valence-electron chi connectivity index (χ0n) is 15.0. The normalized spacial score (nSPS) is 16.6. The Kier molecular flexibility index (Phi) is 4.91. The highest BCUT2D eigenvalue weighted by molar-refractivity contribution is 7.91. The number of benzene rings is 1. The van der Waals surface area contributed by atoms with Crippen LogP contribution in [0.1, 0.15) is 12.8 Å². The van der Waals surface area contributed by atoms with E-state index in [4.69, 9.17) is 4.74 Å². The molecule has 1 fully saturated rings. The molecule has 3 aromatic rings. The van der Waals surface area contributed by atoms with Crippen molar-refractivity contribution in [3.05, 3.63) is 52.5 Å². The van der Waals surface area contributed by atoms with Gasteiger partial charge >= 0.3 is 0 Å². The number of hydrogen-bond donors (Lipinski definition) is 2. The third-order valence-corrected chi connectivity index (χ3v) is 6.28. The number of hydrogen-bond acceptors (Lipinski definition) is 7. The number of aromatic nitrogens is 3. The monoisotopic (exact) mass is 422 g/mol. The fraction of sp³-hybridized carbons (Fsp3) is 0.278. The Morgan fingerprint density at radius 2 is 1.90 bits per heavy atom. The first-order valence-corrected chi connectivity index (χ1v) is 10.6. The van der Waals surface area contributed by atoms with Crippen LogP contribution in [0.5, 0.6) is 11.5 Å². The molecule has 0 atom stereocenters. The van der Waals surface area contributed by atoms with Gasteiger partial charge in [-0.1, -0.05) is 0 Å². The average Bonchev–Trinajstić information content (AvgIpc) is 2.66. The van der Waals surface area contributed by atoms with Crippen LogP contribution in [0, 0.1) is 11.6 Å². The number of nitrogens with one attached hydrogen (secondary N) is 2. The Bertz CT molecular complexity index is 1230. The van der Waals surface area contributed by atoms with Crippen molar-refractivity contribution in [1.29, 1.82) is 0 Å². The van der Waals surface area contributed by atoms with Crippen LogP contribution in [0.4, 0.5) is 14.7 Å². The van der Waals surface area contributed by atoms with E-state index in [1.54, 1.807) is 0 Å². The number of aromatic amines is 1. The highest BCUT2D eigenvalue weighted by Crippen LogP contribution is 2.24. The molecule has 1 aliphatic heterocycles. The Labute approximate surface area is 163 Å². The predicted molar refractivity (Wildman–Crippen MR) is 102 cm³/mol. The number of fused-ring (bicyclic) bond motifs is 1. The Morgan fingerprint density at radius 1 is 1.14 bits per heavy atom. The van der Waals surface area contributed by atoms with Crippen molar-refractivity contribution >= 4 is 26.8 Å². The van der Waals surface area contributed by atoms with Crippen molar-refractivity contribution in [1.82, 2.24) is 15.0 Å². The summed E-state index contributed by atoms with van der Waals surface area (Å²) in [4.78, 5) is 23.2. The van der Waals surface area contributed by atoms with E-state index in [0.29, 0.717) is 24.3 Å². The fourth-order valence-corrected chi connectivity index (χ4v) is 4.50. The largest absolute Gasteiger partial charge is 0.448 e. The maximum Gasteiger partial charge on any atom is 0.292 e. The van der Waals surface area contributed by atoms with Gasteiger partial charge in [0, 0.05) is 23.7 Å². The molecule has 8 nitrogen and oxygen atoms in total. The van der Waals surface area contributed by atoms with Crippen molar-refractivity contribution in [2.24, 2.45) is 0 Å². The van der Waals surface area contributed by atoms with Crippen LogP contribution in [0.25, 0.3) is 11.0 Å². The number of anilines is 1. The van der Waals surface area contributed by atoms with E-state index in [1.165, 1.54) is 12.3 Å². The summed E-state index contributed by atoms with van der Waals surface area (Å²) in [6, 6.07) is 4.04. The second-order valence-corrected chi connectivity index (χ2v) is 9.01. The second kappa shape index (κ2) is 7.39. The van der Waals surface area contributed by atoms with E-state index in [1.807, 2.05) is 0 Å². The molecule has 11 heteroatoms. The molecule has 1 aliphatic rings. The first kappa shape index (κ1) is 19.2. The molecule has 1 aromatic carbocycles. The van der Waals surface area contributed by atoms with E-state index in [-0.39, 0.29) is 40.6 Å². The summed E-state index contributed by atoms with van der Waals surface area (Å²) >= 11 is 0. The van der Waals surface area contributed by atoms with Gasteiger partial charge in [0.05, 0.1) is 11.5 Å². The molecule has 3 heterocycles. The van der Waals surface area contributed by atoms with E-state index in [9.17, 15) is 22.0 Å². The van der Waals surface area contributed by atoms with E-state index in [0.717, 1.165) is 12.1 Å². The summed E-state index contributed by atoms with van der Waals surface area (Å²) in [6.07, 6.45) is 2.36. The molecule has 0 aliphatic carbocycles. The van der Waals surface area contributed by atoms with Gasteiger partial charge in [-0.15, -0.1) is 0 Å². The smallest absolute Gasteiger partial charge is 0.292 e.